The summed E-state index contributed by atoms with van der Waals surface area (Å²) >= 11 is 0. The highest BCUT2D eigenvalue weighted by Crippen LogP contribution is 2.38. The molecule has 5 unspecified atom stereocenters. The second-order valence-electron chi connectivity index (χ2n) is 7.35. The molecule has 0 aromatic heterocycles. The number of aliphatic hydroxyl groups excluding tert-OH is 1. The summed E-state index contributed by atoms with van der Waals surface area (Å²) in [6, 6.07) is 0.730. The lowest BCUT2D eigenvalue weighted by molar-refractivity contribution is 0.120. The van der Waals surface area contributed by atoms with E-state index in [4.69, 9.17) is 0 Å². The maximum atomic E-state index is 10.1. The van der Waals surface area contributed by atoms with Crippen molar-refractivity contribution < 1.29 is 5.11 Å². The highest BCUT2D eigenvalue weighted by molar-refractivity contribution is 4.95. The van der Waals surface area contributed by atoms with Crippen molar-refractivity contribution in [3.05, 3.63) is 0 Å². The van der Waals surface area contributed by atoms with Gasteiger partial charge in [-0.1, -0.05) is 26.2 Å². The average molecular weight is 280 g/mol. The highest BCUT2D eigenvalue weighted by Gasteiger charge is 2.42. The fourth-order valence-electron chi connectivity index (χ4n) is 4.94. The second kappa shape index (κ2) is 6.76. The van der Waals surface area contributed by atoms with Crippen molar-refractivity contribution in [3.8, 4) is 0 Å². The molecule has 116 valence electrons. The van der Waals surface area contributed by atoms with Crippen LogP contribution in [0.2, 0.25) is 0 Å². The summed E-state index contributed by atoms with van der Waals surface area (Å²) in [7, 11) is 0. The number of rotatable bonds is 4. The molecule has 3 nitrogen and oxygen atoms in total. The lowest BCUT2D eigenvalue weighted by atomic mass is 9.94. The molecular weight excluding hydrogens is 248 g/mol. The van der Waals surface area contributed by atoms with Crippen LogP contribution in [0.25, 0.3) is 0 Å². The minimum absolute atomic E-state index is 0.0105. The molecule has 2 N–H and O–H groups in total. The summed E-state index contributed by atoms with van der Waals surface area (Å²) in [4.78, 5) is 2.66. The first-order chi connectivity index (χ1) is 9.78. The van der Waals surface area contributed by atoms with Crippen LogP contribution >= 0.6 is 0 Å². The molecule has 3 aliphatic rings. The molecule has 20 heavy (non-hydrogen) atoms. The fourth-order valence-corrected chi connectivity index (χ4v) is 4.94. The summed E-state index contributed by atoms with van der Waals surface area (Å²) in [5.41, 5.74) is 0. The van der Waals surface area contributed by atoms with Crippen molar-refractivity contribution in [3.63, 3.8) is 0 Å². The Kier molecular flexibility index (Phi) is 5.00. The first-order valence-electron chi connectivity index (χ1n) is 8.91. The molecule has 0 spiro atoms. The predicted octanol–water partition coefficient (Wildman–Crippen LogP) is 2.25. The van der Waals surface area contributed by atoms with E-state index < -0.39 is 0 Å². The van der Waals surface area contributed by atoms with E-state index in [2.05, 4.69) is 17.1 Å². The van der Waals surface area contributed by atoms with Crippen LogP contribution < -0.4 is 5.32 Å². The second-order valence-corrected chi connectivity index (χ2v) is 7.35. The van der Waals surface area contributed by atoms with Crippen LogP contribution in [0, 0.1) is 17.8 Å². The minimum atomic E-state index is -0.0105. The van der Waals surface area contributed by atoms with Crippen molar-refractivity contribution in [1.29, 1.82) is 0 Å². The Morgan fingerprint density at radius 2 is 1.90 bits per heavy atom. The average Bonchev–Trinajstić information content (AvgIpc) is 2.90. The zero-order chi connectivity index (χ0) is 13.9. The third-order valence-electron chi connectivity index (χ3n) is 6.01. The molecule has 0 amide bonds. The zero-order valence-electron chi connectivity index (χ0n) is 13.1. The first-order valence-corrected chi connectivity index (χ1v) is 8.91. The van der Waals surface area contributed by atoms with E-state index in [9.17, 15) is 5.11 Å². The summed E-state index contributed by atoms with van der Waals surface area (Å²) in [6.07, 6.45) is 9.28. The number of nitrogens with one attached hydrogen (secondary N) is 1. The van der Waals surface area contributed by atoms with Crippen molar-refractivity contribution >= 4 is 0 Å². The molecule has 3 fully saturated rings. The number of hydrogen-bond acceptors (Lipinski definition) is 3. The highest BCUT2D eigenvalue weighted by atomic mass is 16.3. The molecule has 0 aromatic rings. The van der Waals surface area contributed by atoms with Crippen LogP contribution in [0.5, 0.6) is 0 Å². The van der Waals surface area contributed by atoms with Gasteiger partial charge >= 0.3 is 0 Å². The Hall–Kier alpha value is -0.120. The van der Waals surface area contributed by atoms with Gasteiger partial charge in [0, 0.05) is 31.6 Å². The van der Waals surface area contributed by atoms with Crippen molar-refractivity contribution in [1.82, 2.24) is 10.2 Å². The summed E-state index contributed by atoms with van der Waals surface area (Å²) < 4.78 is 0. The van der Waals surface area contributed by atoms with Gasteiger partial charge in [-0.15, -0.1) is 0 Å². The van der Waals surface area contributed by atoms with Crippen LogP contribution in [0.4, 0.5) is 0 Å². The maximum Gasteiger partial charge on any atom is 0.0583 e. The SMILES string of the molecule is CCNC1CCCCCC1CN1CC2CCC(O)C2C1. The number of fused-ring (bicyclic) bond motifs is 1. The first kappa shape index (κ1) is 14.8. The molecule has 1 aliphatic heterocycles. The van der Waals surface area contributed by atoms with Crippen molar-refractivity contribution in [2.45, 2.75) is 64.0 Å². The largest absolute Gasteiger partial charge is 0.393 e. The standard InChI is InChI=1S/C17H32N2O/c1-2-18-16-7-5-3-4-6-14(16)11-19-10-13-8-9-17(20)15(13)12-19/h13-18,20H,2-12H2,1H3. The van der Waals surface area contributed by atoms with Crippen molar-refractivity contribution in [2.24, 2.45) is 17.8 Å². The van der Waals surface area contributed by atoms with E-state index >= 15 is 0 Å². The molecule has 0 aromatic carbocycles. The molecule has 1 saturated heterocycles. The fraction of sp³-hybridized carbons (Fsp3) is 1.00. The molecular formula is C17H32N2O. The van der Waals surface area contributed by atoms with Gasteiger partial charge in [-0.3, -0.25) is 0 Å². The normalized spacial score (nSPS) is 42.6. The quantitative estimate of drug-likeness (QED) is 0.775. The van der Waals surface area contributed by atoms with Crippen LogP contribution in [0.1, 0.15) is 51.9 Å². The van der Waals surface area contributed by atoms with Gasteiger partial charge in [-0.05, 0) is 44.1 Å². The van der Waals surface area contributed by atoms with Gasteiger partial charge in [0.2, 0.25) is 0 Å². The monoisotopic (exact) mass is 280 g/mol. The Morgan fingerprint density at radius 3 is 2.70 bits per heavy atom. The molecule has 2 aliphatic carbocycles. The van der Waals surface area contributed by atoms with Gasteiger partial charge in [0.25, 0.3) is 0 Å². The Morgan fingerprint density at radius 1 is 1.05 bits per heavy atom. The van der Waals surface area contributed by atoms with E-state index in [1.165, 1.54) is 51.6 Å². The van der Waals surface area contributed by atoms with Gasteiger partial charge in [-0.2, -0.15) is 0 Å². The Labute approximate surface area is 124 Å². The topological polar surface area (TPSA) is 35.5 Å². The molecule has 2 saturated carbocycles. The molecule has 5 atom stereocenters. The van der Waals surface area contributed by atoms with Gasteiger partial charge < -0.3 is 15.3 Å². The van der Waals surface area contributed by atoms with Gasteiger partial charge in [0.05, 0.1) is 6.10 Å². The summed E-state index contributed by atoms with van der Waals surface area (Å²) in [5, 5.41) is 13.8. The van der Waals surface area contributed by atoms with Gasteiger partial charge in [0.15, 0.2) is 0 Å². The van der Waals surface area contributed by atoms with Crippen LogP contribution in [0.15, 0.2) is 0 Å². The van der Waals surface area contributed by atoms with Crippen LogP contribution in [-0.2, 0) is 0 Å². The molecule has 3 heteroatoms. The molecule has 0 radical (unpaired) electrons. The maximum absolute atomic E-state index is 10.1. The van der Waals surface area contributed by atoms with Gasteiger partial charge in [0.1, 0.15) is 0 Å². The summed E-state index contributed by atoms with van der Waals surface area (Å²) in [6.45, 7) is 7.00. The zero-order valence-corrected chi connectivity index (χ0v) is 13.1. The number of nitrogens with zero attached hydrogens (tertiary/aromatic N) is 1. The van der Waals surface area contributed by atoms with E-state index in [-0.39, 0.29) is 6.10 Å². The van der Waals surface area contributed by atoms with E-state index in [1.54, 1.807) is 0 Å². The molecule has 0 bridgehead atoms. The lowest BCUT2D eigenvalue weighted by Gasteiger charge is -2.30. The van der Waals surface area contributed by atoms with E-state index in [1.807, 2.05) is 0 Å². The lowest BCUT2D eigenvalue weighted by Crippen LogP contribution is -2.41. The van der Waals surface area contributed by atoms with Crippen LogP contribution in [-0.4, -0.2) is 48.3 Å². The predicted molar refractivity (Wildman–Crippen MR) is 82.7 cm³/mol. The Balaban J connectivity index is 1.55. The number of aliphatic hydroxyl groups is 1. The van der Waals surface area contributed by atoms with Crippen LogP contribution in [0.3, 0.4) is 0 Å². The number of likely N-dealkylation sites (tertiary alicyclic amines) is 1. The Bertz CT molecular complexity index is 309. The minimum Gasteiger partial charge on any atom is -0.393 e. The summed E-state index contributed by atoms with van der Waals surface area (Å²) in [5.74, 6) is 2.19. The van der Waals surface area contributed by atoms with Crippen molar-refractivity contribution in [2.75, 3.05) is 26.2 Å². The number of hydrogen-bond donors (Lipinski definition) is 2. The molecule has 3 rings (SSSR count). The third-order valence-corrected chi connectivity index (χ3v) is 6.01. The van der Waals surface area contributed by atoms with E-state index in [0.717, 1.165) is 37.4 Å². The smallest absolute Gasteiger partial charge is 0.0583 e. The third kappa shape index (κ3) is 3.20. The van der Waals surface area contributed by atoms with Gasteiger partial charge in [-0.25, -0.2) is 0 Å². The molecule has 1 heterocycles. The van der Waals surface area contributed by atoms with E-state index in [0.29, 0.717) is 5.92 Å².